The summed E-state index contributed by atoms with van der Waals surface area (Å²) in [6, 6.07) is 75.1. The molecule has 14 aromatic rings. The maximum atomic E-state index is 2.62. The van der Waals surface area contributed by atoms with Crippen LogP contribution in [0.15, 0.2) is 200 Å². The molecule has 0 spiro atoms. The van der Waals surface area contributed by atoms with Crippen molar-refractivity contribution in [2.45, 2.75) is 0 Å². The van der Waals surface area contributed by atoms with E-state index in [0.717, 1.165) is 0 Å². The zero-order valence-electron chi connectivity index (χ0n) is 33.9. The van der Waals surface area contributed by atoms with Crippen molar-refractivity contribution in [3.63, 3.8) is 0 Å². The zero-order valence-corrected chi connectivity index (χ0v) is 33.9. The van der Waals surface area contributed by atoms with E-state index in [0.29, 0.717) is 0 Å². The second-order valence-electron chi connectivity index (χ2n) is 17.6. The van der Waals surface area contributed by atoms with Gasteiger partial charge in [-0.05, 0) is 93.9 Å². The monoisotopic (exact) mass is 796 g/mol. The minimum absolute atomic E-state index is 0.0143. The molecule has 0 radical (unpaired) electrons. The highest BCUT2D eigenvalue weighted by atomic mass is 15.1. The summed E-state index contributed by atoms with van der Waals surface area (Å²) in [6.45, 7) is 0.0143. The smallest absolute Gasteiger partial charge is 0.252 e. The van der Waals surface area contributed by atoms with Gasteiger partial charge < -0.3 is 18.3 Å². The summed E-state index contributed by atoms with van der Waals surface area (Å²) in [5.41, 5.74) is 18.8. The fraction of sp³-hybridized carbons (Fsp3) is 0. The van der Waals surface area contributed by atoms with Gasteiger partial charge in [-0.2, -0.15) is 0 Å². The van der Waals surface area contributed by atoms with Gasteiger partial charge in [0.25, 0.3) is 6.71 Å². The van der Waals surface area contributed by atoms with E-state index in [1.807, 2.05) is 0 Å². The normalized spacial score (nSPS) is 13.0. The van der Waals surface area contributed by atoms with E-state index in [2.05, 4.69) is 218 Å². The quantitative estimate of drug-likeness (QED) is 0.155. The Morgan fingerprint density at radius 1 is 0.286 bits per heavy atom. The van der Waals surface area contributed by atoms with Gasteiger partial charge in [0.1, 0.15) is 0 Å². The van der Waals surface area contributed by atoms with Crippen molar-refractivity contribution < 1.29 is 0 Å². The highest BCUT2D eigenvalue weighted by molar-refractivity contribution is 7.00. The van der Waals surface area contributed by atoms with Crippen LogP contribution in [-0.2, 0) is 0 Å². The van der Waals surface area contributed by atoms with Crippen molar-refractivity contribution in [3.05, 3.63) is 200 Å². The third kappa shape index (κ3) is 3.87. The van der Waals surface area contributed by atoms with E-state index in [9.17, 15) is 0 Å². The fourth-order valence-corrected chi connectivity index (χ4v) is 12.3. The van der Waals surface area contributed by atoms with E-state index in [4.69, 9.17) is 0 Å². The lowest BCUT2D eigenvalue weighted by Crippen LogP contribution is -2.59. The molecule has 63 heavy (non-hydrogen) atoms. The molecule has 4 nitrogen and oxygen atoms in total. The molecular formula is C58H33BN4. The summed E-state index contributed by atoms with van der Waals surface area (Å²) in [5, 5.41) is 12.9. The molecule has 0 saturated heterocycles. The Labute approximate surface area is 360 Å². The Hall–Kier alpha value is -8.28. The standard InChI is InChI=1S/C58H33BN4/c1-2-14-37-34(13-1)25-30-52-55(37)44-33-43-42-19-7-12-24-51(42)62-53-31-35(60-47-20-8-3-15-38(47)39-16-4-9-21-48(39)60)26-28-45(53)59-46-29-27-36(32-54(46)63(52)58(44)56(59)57(43)62)61-49-22-10-5-17-40(49)41-18-6-11-23-50(41)61/h1-33H. The molecule has 0 N–H and O–H groups in total. The first-order valence-corrected chi connectivity index (χ1v) is 22.0. The summed E-state index contributed by atoms with van der Waals surface area (Å²) >= 11 is 0. The minimum atomic E-state index is 0.0143. The average Bonchev–Trinajstić information content (AvgIpc) is 4.08. The van der Waals surface area contributed by atoms with Crippen molar-refractivity contribution in [1.82, 2.24) is 18.3 Å². The average molecular weight is 797 g/mol. The Morgan fingerprint density at radius 2 is 0.698 bits per heavy atom. The Balaban J connectivity index is 1.08. The largest absolute Gasteiger partial charge is 0.310 e. The van der Waals surface area contributed by atoms with Crippen LogP contribution in [0.3, 0.4) is 0 Å². The Kier molecular flexibility index (Phi) is 5.85. The summed E-state index contributed by atoms with van der Waals surface area (Å²) < 4.78 is 10.1. The molecule has 5 heteroatoms. The van der Waals surface area contributed by atoms with Crippen LogP contribution >= 0.6 is 0 Å². The van der Waals surface area contributed by atoms with E-state index in [-0.39, 0.29) is 6.71 Å². The SMILES string of the molecule is c1ccc2c(c1)ccc1c2c2cc3c4ccccc4n4c3c3c2n1-c1cc(-n2c5ccccc5c5ccccc52)ccc1B3c1ccc(-n2c3ccccc3c3ccccc32)cc1-4. The molecule has 0 saturated carbocycles. The van der Waals surface area contributed by atoms with Crippen molar-refractivity contribution in [3.8, 4) is 22.7 Å². The van der Waals surface area contributed by atoms with Crippen LogP contribution < -0.4 is 16.4 Å². The van der Waals surface area contributed by atoms with Gasteiger partial charge in [-0.1, -0.05) is 133 Å². The predicted molar refractivity (Wildman–Crippen MR) is 266 cm³/mol. The van der Waals surface area contributed by atoms with Crippen molar-refractivity contribution in [2.24, 2.45) is 0 Å². The molecule has 0 fully saturated rings. The molecule has 0 atom stereocenters. The number of aromatic nitrogens is 4. The second-order valence-corrected chi connectivity index (χ2v) is 17.6. The van der Waals surface area contributed by atoms with Gasteiger partial charge in [-0.3, -0.25) is 0 Å². The van der Waals surface area contributed by atoms with Crippen LogP contribution in [0.5, 0.6) is 0 Å². The number of hydrogen-bond donors (Lipinski definition) is 0. The minimum Gasteiger partial charge on any atom is -0.310 e. The molecule has 4 aromatic heterocycles. The molecule has 2 aliphatic heterocycles. The highest BCUT2D eigenvalue weighted by Crippen LogP contribution is 2.45. The van der Waals surface area contributed by atoms with Gasteiger partial charge >= 0.3 is 0 Å². The van der Waals surface area contributed by atoms with E-state index in [1.165, 1.54) is 137 Å². The summed E-state index contributed by atoms with van der Waals surface area (Å²) in [4.78, 5) is 0. The van der Waals surface area contributed by atoms with Crippen molar-refractivity contribution in [1.29, 1.82) is 0 Å². The van der Waals surface area contributed by atoms with Crippen molar-refractivity contribution >= 4 is 121 Å². The first-order chi connectivity index (χ1) is 31.3. The lowest BCUT2D eigenvalue weighted by molar-refractivity contribution is 1.13. The van der Waals surface area contributed by atoms with Gasteiger partial charge in [-0.15, -0.1) is 0 Å². The van der Waals surface area contributed by atoms with Gasteiger partial charge in [0.05, 0.1) is 44.1 Å². The molecule has 2 aliphatic rings. The topological polar surface area (TPSA) is 19.7 Å². The van der Waals surface area contributed by atoms with Crippen LogP contribution in [0.4, 0.5) is 0 Å². The van der Waals surface area contributed by atoms with Gasteiger partial charge in [-0.25, -0.2) is 0 Å². The molecule has 10 aromatic carbocycles. The molecule has 0 unspecified atom stereocenters. The molecule has 288 valence electrons. The number of benzene rings is 10. The molecular weight excluding hydrogens is 763 g/mol. The summed E-state index contributed by atoms with van der Waals surface area (Å²) in [6.07, 6.45) is 0. The summed E-state index contributed by atoms with van der Waals surface area (Å²) in [5.74, 6) is 0. The zero-order chi connectivity index (χ0) is 40.7. The van der Waals surface area contributed by atoms with Crippen molar-refractivity contribution in [2.75, 3.05) is 0 Å². The first-order valence-electron chi connectivity index (χ1n) is 22.0. The number of fused-ring (bicyclic) bond motifs is 20. The summed E-state index contributed by atoms with van der Waals surface area (Å²) in [7, 11) is 0. The Bertz CT molecular complexity index is 4290. The third-order valence-electron chi connectivity index (χ3n) is 14.7. The van der Waals surface area contributed by atoms with Gasteiger partial charge in [0.2, 0.25) is 0 Å². The Morgan fingerprint density at radius 3 is 1.22 bits per heavy atom. The second kappa shape index (κ2) is 11.3. The molecule has 0 aliphatic carbocycles. The number of hydrogen-bond acceptors (Lipinski definition) is 0. The molecule has 6 heterocycles. The molecule has 0 bridgehead atoms. The third-order valence-corrected chi connectivity index (χ3v) is 14.7. The van der Waals surface area contributed by atoms with Crippen LogP contribution in [0.25, 0.3) is 121 Å². The lowest BCUT2D eigenvalue weighted by atomic mass is 9.34. The predicted octanol–water partition coefficient (Wildman–Crippen LogP) is 12.4. The van der Waals surface area contributed by atoms with E-state index >= 15 is 0 Å². The van der Waals surface area contributed by atoms with Crippen LogP contribution in [0.1, 0.15) is 0 Å². The van der Waals surface area contributed by atoms with Crippen LogP contribution in [0.2, 0.25) is 0 Å². The van der Waals surface area contributed by atoms with E-state index in [1.54, 1.807) is 0 Å². The number of rotatable bonds is 2. The lowest BCUT2D eigenvalue weighted by Gasteiger charge is -2.33. The van der Waals surface area contributed by atoms with Crippen LogP contribution in [0, 0.1) is 0 Å². The first kappa shape index (κ1) is 32.5. The van der Waals surface area contributed by atoms with Gasteiger partial charge in [0, 0.05) is 65.8 Å². The number of nitrogens with zero attached hydrogens (tertiary/aromatic N) is 4. The van der Waals surface area contributed by atoms with Crippen LogP contribution in [-0.4, -0.2) is 25.0 Å². The fourth-order valence-electron chi connectivity index (χ4n) is 12.3. The maximum absolute atomic E-state index is 2.62. The van der Waals surface area contributed by atoms with E-state index < -0.39 is 0 Å². The van der Waals surface area contributed by atoms with Gasteiger partial charge in [0.15, 0.2) is 0 Å². The maximum Gasteiger partial charge on any atom is 0.252 e. The molecule has 16 rings (SSSR count). The molecule has 0 amide bonds. The highest BCUT2D eigenvalue weighted by Gasteiger charge is 2.41. The number of para-hydroxylation sites is 5.